The standard InChI is InChI=1S/C10H9BrN4O2/c1-15-3-2-8(14-15)13-9-7(10(16)17)4-6(11)5-12-9/h2-5H,1H3,(H,16,17)(H,12,13,14). The fraction of sp³-hybridized carbons (Fsp3) is 0.100. The topological polar surface area (TPSA) is 80.0 Å². The van der Waals surface area contributed by atoms with Crippen LogP contribution in [-0.4, -0.2) is 25.8 Å². The van der Waals surface area contributed by atoms with Crippen LogP contribution in [0.3, 0.4) is 0 Å². The average Bonchev–Trinajstić information content (AvgIpc) is 2.66. The van der Waals surface area contributed by atoms with Crippen molar-refractivity contribution >= 4 is 33.5 Å². The van der Waals surface area contributed by atoms with Gasteiger partial charge in [-0.2, -0.15) is 5.10 Å². The van der Waals surface area contributed by atoms with Gasteiger partial charge in [0, 0.05) is 30.0 Å². The van der Waals surface area contributed by atoms with E-state index in [0.717, 1.165) is 0 Å². The summed E-state index contributed by atoms with van der Waals surface area (Å²) >= 11 is 3.18. The minimum absolute atomic E-state index is 0.0880. The van der Waals surface area contributed by atoms with Crippen LogP contribution in [-0.2, 0) is 7.05 Å². The lowest BCUT2D eigenvalue weighted by Gasteiger charge is -2.06. The molecule has 0 saturated carbocycles. The number of carbonyl (C=O) groups is 1. The Hall–Kier alpha value is -1.89. The van der Waals surface area contributed by atoms with E-state index in [1.54, 1.807) is 24.0 Å². The van der Waals surface area contributed by atoms with Crippen molar-refractivity contribution in [2.24, 2.45) is 7.05 Å². The molecule has 2 aromatic heterocycles. The number of carboxylic acids is 1. The number of rotatable bonds is 3. The highest BCUT2D eigenvalue weighted by Gasteiger charge is 2.13. The summed E-state index contributed by atoms with van der Waals surface area (Å²) < 4.78 is 2.23. The summed E-state index contributed by atoms with van der Waals surface area (Å²) in [7, 11) is 1.78. The van der Waals surface area contributed by atoms with Crippen LogP contribution in [0.25, 0.3) is 0 Å². The average molecular weight is 297 g/mol. The minimum Gasteiger partial charge on any atom is -0.478 e. The van der Waals surface area contributed by atoms with Crippen LogP contribution in [0.4, 0.5) is 11.6 Å². The number of hydrogen-bond acceptors (Lipinski definition) is 4. The summed E-state index contributed by atoms with van der Waals surface area (Å²) in [5.74, 6) is -0.235. The van der Waals surface area contributed by atoms with Crippen molar-refractivity contribution in [1.29, 1.82) is 0 Å². The van der Waals surface area contributed by atoms with Gasteiger partial charge in [-0.25, -0.2) is 9.78 Å². The Bertz CT molecular complexity index is 567. The molecule has 2 N–H and O–H groups in total. The minimum atomic E-state index is -1.04. The van der Waals surface area contributed by atoms with Crippen LogP contribution < -0.4 is 5.32 Å². The van der Waals surface area contributed by atoms with Crippen LogP contribution in [0.2, 0.25) is 0 Å². The largest absolute Gasteiger partial charge is 0.478 e. The molecule has 0 spiro atoms. The normalized spacial score (nSPS) is 10.2. The van der Waals surface area contributed by atoms with Gasteiger partial charge in [0.05, 0.1) is 0 Å². The predicted octanol–water partition coefficient (Wildman–Crippen LogP) is 2.02. The van der Waals surface area contributed by atoms with Crippen LogP contribution in [0.5, 0.6) is 0 Å². The van der Waals surface area contributed by atoms with Gasteiger partial charge in [-0.3, -0.25) is 4.68 Å². The lowest BCUT2D eigenvalue weighted by atomic mass is 10.2. The lowest BCUT2D eigenvalue weighted by Crippen LogP contribution is -2.05. The van der Waals surface area contributed by atoms with Gasteiger partial charge in [-0.1, -0.05) is 0 Å². The summed E-state index contributed by atoms with van der Waals surface area (Å²) in [4.78, 5) is 15.1. The Morgan fingerprint density at radius 1 is 1.59 bits per heavy atom. The zero-order chi connectivity index (χ0) is 12.4. The lowest BCUT2D eigenvalue weighted by molar-refractivity contribution is 0.0697. The van der Waals surface area contributed by atoms with Crippen molar-refractivity contribution in [2.45, 2.75) is 0 Å². The molecule has 6 nitrogen and oxygen atoms in total. The van der Waals surface area contributed by atoms with E-state index in [0.29, 0.717) is 10.3 Å². The zero-order valence-electron chi connectivity index (χ0n) is 8.88. The van der Waals surface area contributed by atoms with Crippen LogP contribution in [0, 0.1) is 0 Å². The molecule has 0 aliphatic rings. The molecule has 0 amide bonds. The number of halogens is 1. The third kappa shape index (κ3) is 2.62. The highest BCUT2D eigenvalue weighted by Crippen LogP contribution is 2.20. The van der Waals surface area contributed by atoms with Gasteiger partial charge in [0.15, 0.2) is 5.82 Å². The molecule has 88 valence electrons. The first-order valence-corrected chi connectivity index (χ1v) is 5.51. The number of aryl methyl sites for hydroxylation is 1. The first-order chi connectivity index (χ1) is 8.06. The van der Waals surface area contributed by atoms with E-state index in [4.69, 9.17) is 5.11 Å². The van der Waals surface area contributed by atoms with E-state index >= 15 is 0 Å². The molecule has 7 heteroatoms. The second kappa shape index (κ2) is 4.54. The molecule has 2 rings (SSSR count). The molecule has 0 bridgehead atoms. The SMILES string of the molecule is Cn1ccc(Nc2ncc(Br)cc2C(=O)O)n1. The quantitative estimate of drug-likeness (QED) is 0.906. The molecule has 2 aromatic rings. The van der Waals surface area contributed by atoms with Gasteiger partial charge >= 0.3 is 5.97 Å². The number of hydrogen-bond donors (Lipinski definition) is 2. The van der Waals surface area contributed by atoms with Gasteiger partial charge in [-0.15, -0.1) is 0 Å². The summed E-state index contributed by atoms with van der Waals surface area (Å²) in [6, 6.07) is 3.22. The van der Waals surface area contributed by atoms with Crippen molar-refractivity contribution < 1.29 is 9.90 Å². The van der Waals surface area contributed by atoms with Gasteiger partial charge < -0.3 is 10.4 Å². The maximum atomic E-state index is 11.0. The van der Waals surface area contributed by atoms with E-state index in [1.165, 1.54) is 12.3 Å². The number of anilines is 2. The van der Waals surface area contributed by atoms with E-state index in [-0.39, 0.29) is 11.4 Å². The van der Waals surface area contributed by atoms with Crippen molar-refractivity contribution in [1.82, 2.24) is 14.8 Å². The molecule has 0 aromatic carbocycles. The molecule has 2 heterocycles. The molecular weight excluding hydrogens is 288 g/mol. The third-order valence-electron chi connectivity index (χ3n) is 2.04. The second-order valence-corrected chi connectivity index (χ2v) is 4.27. The summed E-state index contributed by atoms with van der Waals surface area (Å²) in [6.07, 6.45) is 3.28. The fourth-order valence-electron chi connectivity index (χ4n) is 1.30. The molecule has 0 aliphatic heterocycles. The fourth-order valence-corrected chi connectivity index (χ4v) is 1.64. The zero-order valence-corrected chi connectivity index (χ0v) is 10.5. The molecule has 0 aliphatic carbocycles. The number of aromatic nitrogens is 3. The number of nitrogens with zero attached hydrogens (tertiary/aromatic N) is 3. The smallest absolute Gasteiger partial charge is 0.339 e. The first kappa shape index (κ1) is 11.6. The number of aromatic carboxylic acids is 1. The van der Waals surface area contributed by atoms with E-state index in [1.807, 2.05) is 0 Å². The third-order valence-corrected chi connectivity index (χ3v) is 2.48. The number of nitrogens with one attached hydrogen (secondary N) is 1. The molecule has 0 atom stereocenters. The predicted molar refractivity (Wildman–Crippen MR) is 65.4 cm³/mol. The van der Waals surface area contributed by atoms with Crippen molar-refractivity contribution in [3.8, 4) is 0 Å². The Labute approximate surface area is 105 Å². The molecule has 0 unspecified atom stereocenters. The van der Waals surface area contributed by atoms with E-state index in [9.17, 15) is 4.79 Å². The highest BCUT2D eigenvalue weighted by atomic mass is 79.9. The maximum Gasteiger partial charge on any atom is 0.339 e. The van der Waals surface area contributed by atoms with Crippen molar-refractivity contribution in [3.63, 3.8) is 0 Å². The summed E-state index contributed by atoms with van der Waals surface area (Å²) in [6.45, 7) is 0. The summed E-state index contributed by atoms with van der Waals surface area (Å²) in [5.41, 5.74) is 0.0880. The number of pyridine rings is 1. The molecule has 17 heavy (non-hydrogen) atoms. The molecule has 0 fully saturated rings. The Balaban J connectivity index is 2.35. The molecular formula is C10H9BrN4O2. The Kier molecular flexibility index (Phi) is 3.10. The Morgan fingerprint density at radius 3 is 2.94 bits per heavy atom. The van der Waals surface area contributed by atoms with Gasteiger partial charge in [0.2, 0.25) is 0 Å². The molecule has 0 saturated heterocycles. The van der Waals surface area contributed by atoms with Crippen LogP contribution in [0.1, 0.15) is 10.4 Å². The second-order valence-electron chi connectivity index (χ2n) is 3.35. The Morgan fingerprint density at radius 2 is 2.35 bits per heavy atom. The van der Waals surface area contributed by atoms with Gasteiger partial charge in [-0.05, 0) is 22.0 Å². The first-order valence-electron chi connectivity index (χ1n) is 4.72. The highest BCUT2D eigenvalue weighted by molar-refractivity contribution is 9.10. The van der Waals surface area contributed by atoms with Gasteiger partial charge in [0.1, 0.15) is 11.4 Å². The van der Waals surface area contributed by atoms with Crippen LogP contribution >= 0.6 is 15.9 Å². The van der Waals surface area contributed by atoms with E-state index in [2.05, 4.69) is 31.3 Å². The van der Waals surface area contributed by atoms with Crippen LogP contribution in [0.15, 0.2) is 29.0 Å². The van der Waals surface area contributed by atoms with E-state index < -0.39 is 5.97 Å². The van der Waals surface area contributed by atoms with Crippen molar-refractivity contribution in [2.75, 3.05) is 5.32 Å². The summed E-state index contributed by atoms with van der Waals surface area (Å²) in [5, 5.41) is 16.0. The van der Waals surface area contributed by atoms with Crippen molar-refractivity contribution in [3.05, 3.63) is 34.6 Å². The molecule has 0 radical (unpaired) electrons. The van der Waals surface area contributed by atoms with Gasteiger partial charge in [0.25, 0.3) is 0 Å². The maximum absolute atomic E-state index is 11.0. The number of carboxylic acid groups (broad SMARTS) is 1. The monoisotopic (exact) mass is 296 g/mol.